The van der Waals surface area contributed by atoms with Crippen molar-refractivity contribution < 1.29 is 18.0 Å². The van der Waals surface area contributed by atoms with Gasteiger partial charge in [-0.2, -0.15) is 13.2 Å². The van der Waals surface area contributed by atoms with Crippen molar-refractivity contribution in [3.63, 3.8) is 0 Å². The third-order valence-electron chi connectivity index (χ3n) is 3.70. The van der Waals surface area contributed by atoms with Crippen LogP contribution in [0.15, 0.2) is 54.0 Å². The van der Waals surface area contributed by atoms with Crippen LogP contribution in [0.25, 0.3) is 10.9 Å². The molecule has 3 aromatic rings. The topological polar surface area (TPSA) is 75.2 Å². The van der Waals surface area contributed by atoms with E-state index < -0.39 is 11.9 Å². The zero-order chi connectivity index (χ0) is 16.8. The molecule has 0 fully saturated rings. The van der Waals surface area contributed by atoms with Crippen molar-refractivity contribution in [2.45, 2.75) is 11.9 Å². The van der Waals surface area contributed by atoms with E-state index in [9.17, 15) is 13.2 Å². The first kappa shape index (κ1) is 14.6. The summed E-state index contributed by atoms with van der Waals surface area (Å²) in [5, 5.41) is 0.842. The predicted octanol–water partition coefficient (Wildman–Crippen LogP) is 2.65. The first-order chi connectivity index (χ1) is 11.5. The second kappa shape index (κ2) is 5.03. The lowest BCUT2D eigenvalue weighted by atomic mass is 10.0. The zero-order valence-corrected chi connectivity index (χ0v) is 12.0. The quantitative estimate of drug-likeness (QED) is 0.756. The fraction of sp³-hybridized carbons (Fsp3) is 0.133. The van der Waals surface area contributed by atoms with Gasteiger partial charge in [0.2, 0.25) is 0 Å². The van der Waals surface area contributed by atoms with Crippen molar-refractivity contribution in [1.82, 2.24) is 20.4 Å². The molecule has 2 N–H and O–H groups in total. The van der Waals surface area contributed by atoms with Crippen molar-refractivity contribution in [2.24, 2.45) is 4.99 Å². The minimum Gasteiger partial charge on any atom is -0.361 e. The summed E-state index contributed by atoms with van der Waals surface area (Å²) in [6.45, 7) is 0. The van der Waals surface area contributed by atoms with Crippen molar-refractivity contribution in [3.8, 4) is 0 Å². The van der Waals surface area contributed by atoms with E-state index in [0.717, 1.165) is 10.9 Å². The molecule has 4 heterocycles. The van der Waals surface area contributed by atoms with Gasteiger partial charge in [0.05, 0.1) is 0 Å². The first-order valence-electron chi connectivity index (χ1n) is 6.94. The van der Waals surface area contributed by atoms with Crippen LogP contribution in [-0.2, 0) is 10.6 Å². The Morgan fingerprint density at radius 1 is 1.12 bits per heavy atom. The summed E-state index contributed by atoms with van der Waals surface area (Å²) >= 11 is 0. The minimum atomic E-state index is -4.76. The number of halogens is 3. The van der Waals surface area contributed by atoms with Crippen molar-refractivity contribution >= 4 is 16.7 Å². The Morgan fingerprint density at radius 2 is 1.92 bits per heavy atom. The number of nitrogens with one attached hydrogen (secondary N) is 2. The van der Waals surface area contributed by atoms with Crippen molar-refractivity contribution in [1.29, 1.82) is 0 Å². The first-order valence-corrected chi connectivity index (χ1v) is 6.94. The number of aliphatic imine (C=N–C) groups is 1. The number of H-pyrrole nitrogens is 1. The Labute approximate surface area is 133 Å². The van der Waals surface area contributed by atoms with Gasteiger partial charge in [-0.3, -0.25) is 9.97 Å². The summed E-state index contributed by atoms with van der Waals surface area (Å²) in [5.74, 6) is -0.0966. The second-order valence-electron chi connectivity index (χ2n) is 5.18. The summed E-state index contributed by atoms with van der Waals surface area (Å²) in [6.07, 6.45) is 1.00. The maximum absolute atomic E-state index is 13.7. The summed E-state index contributed by atoms with van der Waals surface area (Å²) in [4.78, 5) is 19.5. The highest BCUT2D eigenvalue weighted by molar-refractivity contribution is 5.99. The molecule has 3 aromatic heterocycles. The SMILES string of the molecule is FC(F)(F)C1(c2ccncc2)N=C(c2cc3[nH]ccc3cn2)NO1. The molecular formula is C15H10F3N5O. The molecule has 24 heavy (non-hydrogen) atoms. The summed E-state index contributed by atoms with van der Waals surface area (Å²) in [5.41, 5.74) is 0.226. The summed E-state index contributed by atoms with van der Waals surface area (Å²) < 4.78 is 41.0. The molecule has 0 bridgehead atoms. The van der Waals surface area contributed by atoms with Crippen LogP contribution >= 0.6 is 0 Å². The third kappa shape index (κ3) is 2.13. The van der Waals surface area contributed by atoms with Gasteiger partial charge in [-0.15, -0.1) is 0 Å². The van der Waals surface area contributed by atoms with E-state index in [0.29, 0.717) is 0 Å². The Balaban J connectivity index is 1.83. The molecule has 122 valence electrons. The third-order valence-corrected chi connectivity index (χ3v) is 3.70. The number of hydrogen-bond acceptors (Lipinski definition) is 5. The number of hydroxylamine groups is 1. The number of fused-ring (bicyclic) bond motifs is 1. The van der Waals surface area contributed by atoms with E-state index in [1.807, 2.05) is 6.07 Å². The molecular weight excluding hydrogens is 323 g/mol. The summed E-state index contributed by atoms with van der Waals surface area (Å²) in [6, 6.07) is 5.83. The molecule has 0 radical (unpaired) electrons. The highest BCUT2D eigenvalue weighted by Crippen LogP contribution is 2.45. The zero-order valence-electron chi connectivity index (χ0n) is 12.0. The van der Waals surface area contributed by atoms with Crippen LogP contribution < -0.4 is 5.48 Å². The number of aromatic nitrogens is 3. The number of rotatable bonds is 2. The maximum atomic E-state index is 13.7. The van der Waals surface area contributed by atoms with E-state index in [-0.39, 0.29) is 17.1 Å². The average Bonchev–Trinajstić information content (AvgIpc) is 3.22. The Bertz CT molecular complexity index is 922. The summed E-state index contributed by atoms with van der Waals surface area (Å²) in [7, 11) is 0. The van der Waals surface area contributed by atoms with E-state index in [4.69, 9.17) is 4.84 Å². The molecule has 1 aliphatic heterocycles. The van der Waals surface area contributed by atoms with Crippen molar-refractivity contribution in [3.05, 3.63) is 60.3 Å². The molecule has 6 nitrogen and oxygen atoms in total. The van der Waals surface area contributed by atoms with Gasteiger partial charge >= 0.3 is 11.9 Å². The lowest BCUT2D eigenvalue weighted by Crippen LogP contribution is -2.42. The Morgan fingerprint density at radius 3 is 2.67 bits per heavy atom. The van der Waals surface area contributed by atoms with Crippen LogP contribution in [-0.4, -0.2) is 27.0 Å². The number of hydrogen-bond donors (Lipinski definition) is 2. The molecule has 1 atom stereocenters. The second-order valence-corrected chi connectivity index (χ2v) is 5.18. The van der Waals surface area contributed by atoms with Crippen molar-refractivity contribution in [2.75, 3.05) is 0 Å². The van der Waals surface area contributed by atoms with E-state index in [2.05, 4.69) is 25.4 Å². The molecule has 1 aliphatic rings. The van der Waals surface area contributed by atoms with E-state index in [1.165, 1.54) is 24.5 Å². The van der Waals surface area contributed by atoms with Gasteiger partial charge in [0.15, 0.2) is 5.84 Å². The molecule has 1 unspecified atom stereocenters. The van der Waals surface area contributed by atoms with E-state index >= 15 is 0 Å². The molecule has 0 saturated carbocycles. The largest absolute Gasteiger partial charge is 0.445 e. The minimum absolute atomic E-state index is 0.0966. The average molecular weight is 333 g/mol. The van der Waals surface area contributed by atoms with Crippen LogP contribution in [0.4, 0.5) is 13.2 Å². The van der Waals surface area contributed by atoms with Gasteiger partial charge in [-0.25, -0.2) is 15.3 Å². The molecule has 0 aromatic carbocycles. The maximum Gasteiger partial charge on any atom is 0.445 e. The number of nitrogens with zero attached hydrogens (tertiary/aromatic N) is 3. The van der Waals surface area contributed by atoms with Crippen LogP contribution in [0.1, 0.15) is 11.3 Å². The van der Waals surface area contributed by atoms with Gasteiger partial charge in [-0.1, -0.05) is 0 Å². The van der Waals surface area contributed by atoms with Crippen LogP contribution in [0.5, 0.6) is 0 Å². The number of pyridine rings is 2. The van der Waals surface area contributed by atoms with E-state index in [1.54, 1.807) is 18.5 Å². The molecule has 9 heteroatoms. The monoisotopic (exact) mass is 333 g/mol. The number of alkyl halides is 3. The van der Waals surface area contributed by atoms with Gasteiger partial charge < -0.3 is 4.98 Å². The van der Waals surface area contributed by atoms with Gasteiger partial charge in [0.25, 0.3) is 0 Å². The molecule has 0 saturated heterocycles. The van der Waals surface area contributed by atoms with Gasteiger partial charge in [-0.05, 0) is 24.3 Å². The normalized spacial score (nSPS) is 20.9. The van der Waals surface area contributed by atoms with Crippen LogP contribution in [0, 0.1) is 0 Å². The Kier molecular flexibility index (Phi) is 3.07. The predicted molar refractivity (Wildman–Crippen MR) is 78.8 cm³/mol. The lowest BCUT2D eigenvalue weighted by molar-refractivity contribution is -0.285. The fourth-order valence-corrected chi connectivity index (χ4v) is 2.50. The molecule has 0 spiro atoms. The molecule has 4 rings (SSSR count). The van der Waals surface area contributed by atoms with Gasteiger partial charge in [0.1, 0.15) is 5.69 Å². The van der Waals surface area contributed by atoms with Gasteiger partial charge in [0, 0.05) is 41.3 Å². The standard InChI is InChI=1S/C15H10F3N5O/c16-15(17,18)14(10-2-4-19-5-3-10)22-13(23-24-14)12-7-11-9(8-21-12)1-6-20-11/h1-8,20H,(H,22,23). The molecule has 0 amide bonds. The fourth-order valence-electron chi connectivity index (χ4n) is 2.50. The highest BCUT2D eigenvalue weighted by atomic mass is 19.4. The lowest BCUT2D eigenvalue weighted by Gasteiger charge is -2.26. The number of amidine groups is 1. The number of aromatic amines is 1. The van der Waals surface area contributed by atoms with Crippen LogP contribution in [0.2, 0.25) is 0 Å². The Hall–Kier alpha value is -2.94. The molecule has 0 aliphatic carbocycles. The van der Waals surface area contributed by atoms with Crippen LogP contribution in [0.3, 0.4) is 0 Å². The highest BCUT2D eigenvalue weighted by Gasteiger charge is 2.61. The smallest absolute Gasteiger partial charge is 0.361 e.